The summed E-state index contributed by atoms with van der Waals surface area (Å²) in [5.74, 6) is -1.05. The number of aryl methyl sites for hydroxylation is 1. The fourth-order valence-corrected chi connectivity index (χ4v) is 2.95. The lowest BCUT2D eigenvalue weighted by Crippen LogP contribution is -2.35. The van der Waals surface area contributed by atoms with E-state index in [1.165, 1.54) is 28.7 Å². The molecule has 2 aromatic rings. The normalized spacial score (nSPS) is 11.4. The van der Waals surface area contributed by atoms with Crippen molar-refractivity contribution in [2.45, 2.75) is 6.92 Å². The Balaban J connectivity index is 2.80. The van der Waals surface area contributed by atoms with Crippen LogP contribution in [0, 0.1) is 0 Å². The van der Waals surface area contributed by atoms with Crippen LogP contribution in [0.5, 0.6) is 5.75 Å². The number of aromatic nitrogens is 1. The molecular formula is C19H19ClN2O3. The number of carbonyl (C=O) groups excluding carboxylic acids is 1. The molecule has 0 saturated heterocycles. The molecule has 0 atom stereocenters. The number of carbonyl (C=O) groups is 1. The van der Waals surface area contributed by atoms with Gasteiger partial charge in [0.25, 0.3) is 11.5 Å². The van der Waals surface area contributed by atoms with E-state index in [1.807, 2.05) is 0 Å². The first-order chi connectivity index (χ1) is 11.9. The summed E-state index contributed by atoms with van der Waals surface area (Å²) >= 11 is 6.18. The van der Waals surface area contributed by atoms with Crippen molar-refractivity contribution in [1.29, 1.82) is 0 Å². The fourth-order valence-electron chi connectivity index (χ4n) is 2.69. The highest BCUT2D eigenvalue weighted by molar-refractivity contribution is 6.36. The van der Waals surface area contributed by atoms with Crippen LogP contribution in [0.4, 0.5) is 0 Å². The first-order valence-electron chi connectivity index (χ1n) is 7.66. The molecule has 1 aromatic carbocycles. The van der Waals surface area contributed by atoms with Gasteiger partial charge >= 0.3 is 0 Å². The van der Waals surface area contributed by atoms with Crippen LogP contribution in [-0.4, -0.2) is 27.0 Å². The smallest absolute Gasteiger partial charge is 0.267 e. The highest BCUT2D eigenvalue weighted by Crippen LogP contribution is 2.33. The Hall–Kier alpha value is -2.79. The van der Waals surface area contributed by atoms with Crippen LogP contribution < -0.4 is 5.56 Å². The predicted molar refractivity (Wildman–Crippen MR) is 101 cm³/mol. The molecule has 1 N–H and O–H groups in total. The second-order valence-corrected chi connectivity index (χ2v) is 5.71. The van der Waals surface area contributed by atoms with E-state index < -0.39 is 17.2 Å². The van der Waals surface area contributed by atoms with Crippen molar-refractivity contribution in [3.8, 4) is 5.75 Å². The van der Waals surface area contributed by atoms with Crippen LogP contribution in [0.25, 0.3) is 10.9 Å². The Labute approximate surface area is 150 Å². The van der Waals surface area contributed by atoms with Gasteiger partial charge in [-0.3, -0.25) is 9.59 Å². The van der Waals surface area contributed by atoms with E-state index in [-0.39, 0.29) is 22.5 Å². The predicted octanol–water partition coefficient (Wildman–Crippen LogP) is 3.62. The Morgan fingerprint density at radius 2 is 2.08 bits per heavy atom. The van der Waals surface area contributed by atoms with Crippen molar-refractivity contribution in [3.63, 3.8) is 0 Å². The number of rotatable bonds is 5. The van der Waals surface area contributed by atoms with Gasteiger partial charge in [0.15, 0.2) is 0 Å². The molecule has 0 aliphatic heterocycles. The van der Waals surface area contributed by atoms with E-state index in [2.05, 4.69) is 13.2 Å². The number of allylic oxidation sites excluding steroid dienone is 3. The molecule has 1 aromatic heterocycles. The van der Waals surface area contributed by atoms with Gasteiger partial charge in [-0.05, 0) is 31.2 Å². The third-order valence-electron chi connectivity index (χ3n) is 3.93. The van der Waals surface area contributed by atoms with E-state index in [9.17, 15) is 14.7 Å². The van der Waals surface area contributed by atoms with Gasteiger partial charge in [-0.25, -0.2) is 0 Å². The van der Waals surface area contributed by atoms with Gasteiger partial charge < -0.3 is 14.6 Å². The summed E-state index contributed by atoms with van der Waals surface area (Å²) in [4.78, 5) is 27.0. The van der Waals surface area contributed by atoms with Crippen LogP contribution in [0.15, 0.2) is 60.1 Å². The molecule has 0 spiro atoms. The molecule has 0 saturated carbocycles. The Kier molecular flexibility index (Phi) is 5.49. The topological polar surface area (TPSA) is 62.5 Å². The van der Waals surface area contributed by atoms with E-state index >= 15 is 0 Å². The fraction of sp³-hybridized carbons (Fsp3) is 0.158. The molecule has 1 amide bonds. The number of amides is 1. The summed E-state index contributed by atoms with van der Waals surface area (Å²) in [6.07, 6.45) is 4.60. The number of hydrogen-bond donors (Lipinski definition) is 1. The summed E-state index contributed by atoms with van der Waals surface area (Å²) in [6.45, 7) is 9.32. The van der Waals surface area contributed by atoms with Crippen LogP contribution in [0.2, 0.25) is 5.02 Å². The molecular weight excluding hydrogens is 340 g/mol. The number of halogens is 1. The van der Waals surface area contributed by atoms with Gasteiger partial charge in [0, 0.05) is 19.3 Å². The van der Waals surface area contributed by atoms with Crippen LogP contribution in [0.3, 0.4) is 0 Å². The van der Waals surface area contributed by atoms with Gasteiger partial charge in [0.05, 0.1) is 15.9 Å². The Morgan fingerprint density at radius 1 is 1.40 bits per heavy atom. The average molecular weight is 359 g/mol. The molecule has 6 heteroatoms. The van der Waals surface area contributed by atoms with Crippen molar-refractivity contribution in [2.24, 2.45) is 7.05 Å². The van der Waals surface area contributed by atoms with E-state index in [0.717, 1.165) is 0 Å². The highest BCUT2D eigenvalue weighted by atomic mass is 35.5. The van der Waals surface area contributed by atoms with Crippen molar-refractivity contribution < 1.29 is 9.90 Å². The van der Waals surface area contributed by atoms with Gasteiger partial charge in [-0.2, -0.15) is 0 Å². The first kappa shape index (κ1) is 18.5. The zero-order valence-electron chi connectivity index (χ0n) is 14.1. The summed E-state index contributed by atoms with van der Waals surface area (Å²) in [5.41, 5.74) is -0.0112. The zero-order chi connectivity index (χ0) is 18.7. The lowest BCUT2D eigenvalue weighted by molar-refractivity contribution is 0.0812. The minimum Gasteiger partial charge on any atom is -0.506 e. The molecule has 25 heavy (non-hydrogen) atoms. The summed E-state index contributed by atoms with van der Waals surface area (Å²) < 4.78 is 1.30. The number of benzene rings is 1. The number of nitrogens with zero attached hydrogens (tertiary/aromatic N) is 2. The number of hydrogen-bond acceptors (Lipinski definition) is 3. The van der Waals surface area contributed by atoms with Crippen LogP contribution in [0.1, 0.15) is 17.3 Å². The quantitative estimate of drug-likeness (QED) is 0.830. The second-order valence-electron chi connectivity index (χ2n) is 5.30. The standard InChI is InChI=1S/C19H19ClN2O3/c1-5-9-12(6-2)22(7-3)19(25)16-17(23)15-13(20)10-8-11-14(15)21(4)18(16)24/h5-6,8-11,23H,1-2,7H2,3-4H3/b12-9+. The van der Waals surface area contributed by atoms with Crippen molar-refractivity contribution in [1.82, 2.24) is 9.47 Å². The number of aromatic hydroxyl groups is 1. The van der Waals surface area contributed by atoms with Gasteiger partial charge in [-0.15, -0.1) is 0 Å². The molecule has 5 nitrogen and oxygen atoms in total. The molecule has 0 radical (unpaired) electrons. The maximum Gasteiger partial charge on any atom is 0.267 e. The largest absolute Gasteiger partial charge is 0.506 e. The molecule has 130 valence electrons. The minimum atomic E-state index is -0.629. The summed E-state index contributed by atoms with van der Waals surface area (Å²) in [5, 5.41) is 11.1. The SMILES string of the molecule is C=C/C=C(\C=C)N(CC)C(=O)c1c(O)c2c(Cl)cccc2n(C)c1=O. The van der Waals surface area contributed by atoms with E-state index in [1.54, 1.807) is 31.2 Å². The average Bonchev–Trinajstić information content (AvgIpc) is 2.59. The van der Waals surface area contributed by atoms with Gasteiger partial charge in [0.2, 0.25) is 0 Å². The van der Waals surface area contributed by atoms with Crippen molar-refractivity contribution in [2.75, 3.05) is 6.54 Å². The summed E-state index contributed by atoms with van der Waals surface area (Å²) in [7, 11) is 1.53. The highest BCUT2D eigenvalue weighted by Gasteiger charge is 2.26. The maximum absolute atomic E-state index is 13.0. The molecule has 0 unspecified atom stereocenters. The van der Waals surface area contributed by atoms with E-state index in [4.69, 9.17) is 11.6 Å². The molecule has 1 heterocycles. The second kappa shape index (κ2) is 7.40. The molecule has 0 aliphatic carbocycles. The van der Waals surface area contributed by atoms with Crippen molar-refractivity contribution >= 4 is 28.4 Å². The Bertz CT molecular complexity index is 957. The lowest BCUT2D eigenvalue weighted by atomic mass is 10.1. The lowest BCUT2D eigenvalue weighted by Gasteiger charge is -2.23. The van der Waals surface area contributed by atoms with E-state index in [0.29, 0.717) is 11.2 Å². The minimum absolute atomic E-state index is 0.258. The van der Waals surface area contributed by atoms with Crippen molar-refractivity contribution in [3.05, 3.63) is 76.2 Å². The number of likely N-dealkylation sites (N-methyl/N-ethyl adjacent to an activating group) is 1. The first-order valence-corrected chi connectivity index (χ1v) is 8.03. The molecule has 2 rings (SSSR count). The van der Waals surface area contributed by atoms with Gasteiger partial charge in [0.1, 0.15) is 11.3 Å². The summed E-state index contributed by atoms with van der Waals surface area (Å²) in [6, 6.07) is 4.92. The molecule has 0 fully saturated rings. The third kappa shape index (κ3) is 3.10. The number of pyridine rings is 1. The Morgan fingerprint density at radius 3 is 2.64 bits per heavy atom. The van der Waals surface area contributed by atoms with Gasteiger partial charge in [-0.1, -0.05) is 36.9 Å². The molecule has 0 aliphatic rings. The van der Waals surface area contributed by atoms with Crippen LogP contribution >= 0.6 is 11.6 Å². The molecule has 0 bridgehead atoms. The van der Waals surface area contributed by atoms with Crippen LogP contribution in [-0.2, 0) is 7.05 Å². The zero-order valence-corrected chi connectivity index (χ0v) is 14.9. The maximum atomic E-state index is 13.0. The third-order valence-corrected chi connectivity index (χ3v) is 4.24. The number of fused-ring (bicyclic) bond motifs is 1. The monoisotopic (exact) mass is 358 g/mol.